The van der Waals surface area contributed by atoms with Crippen LogP contribution in [0.4, 0.5) is 5.69 Å². The number of carbonyl (C=O) groups is 2. The molecular formula is C27H29N3O3S. The first-order chi connectivity index (χ1) is 16.7. The molecule has 3 aromatic rings. The molecule has 176 valence electrons. The molecule has 0 atom stereocenters. The van der Waals surface area contributed by atoms with E-state index in [1.54, 1.807) is 17.4 Å². The molecule has 1 saturated heterocycles. The summed E-state index contributed by atoms with van der Waals surface area (Å²) in [5.41, 5.74) is 2.83. The lowest BCUT2D eigenvalue weighted by Gasteiger charge is -2.26. The Morgan fingerprint density at radius 1 is 1.00 bits per heavy atom. The molecule has 2 aromatic carbocycles. The van der Waals surface area contributed by atoms with Crippen LogP contribution in [0.15, 0.2) is 72.8 Å². The average Bonchev–Trinajstić information content (AvgIpc) is 3.36. The SMILES string of the molecule is O=C(/C=C/c1ccc(-c2ccccc2)s1)NCc1cccc(NC(=O)CCN2CCOCC2)c1. The number of amides is 2. The summed E-state index contributed by atoms with van der Waals surface area (Å²) in [5.74, 6) is -0.170. The molecule has 4 rings (SSSR count). The second-order valence-electron chi connectivity index (χ2n) is 8.07. The van der Waals surface area contributed by atoms with Crippen LogP contribution in [0, 0.1) is 0 Å². The fourth-order valence-electron chi connectivity index (χ4n) is 3.67. The van der Waals surface area contributed by atoms with Gasteiger partial charge in [-0.25, -0.2) is 0 Å². The van der Waals surface area contributed by atoms with Crippen molar-refractivity contribution in [3.05, 3.63) is 83.2 Å². The number of benzene rings is 2. The Balaban J connectivity index is 1.22. The number of hydrogen-bond acceptors (Lipinski definition) is 5. The summed E-state index contributed by atoms with van der Waals surface area (Å²) >= 11 is 1.65. The van der Waals surface area contributed by atoms with Crippen LogP contribution >= 0.6 is 11.3 Å². The Bertz CT molecular complexity index is 1120. The first-order valence-corrected chi connectivity index (χ1v) is 12.3. The maximum atomic E-state index is 12.3. The largest absolute Gasteiger partial charge is 0.379 e. The highest BCUT2D eigenvalue weighted by atomic mass is 32.1. The predicted octanol–water partition coefficient (Wildman–Crippen LogP) is 4.41. The lowest BCUT2D eigenvalue weighted by Crippen LogP contribution is -2.38. The minimum Gasteiger partial charge on any atom is -0.379 e. The number of rotatable bonds is 9. The summed E-state index contributed by atoms with van der Waals surface area (Å²) in [6.45, 7) is 4.32. The molecule has 2 N–H and O–H groups in total. The van der Waals surface area contributed by atoms with Gasteiger partial charge in [-0.15, -0.1) is 11.3 Å². The number of thiophene rings is 1. The van der Waals surface area contributed by atoms with Crippen LogP contribution in [0.5, 0.6) is 0 Å². The van der Waals surface area contributed by atoms with Gasteiger partial charge in [0.15, 0.2) is 0 Å². The summed E-state index contributed by atoms with van der Waals surface area (Å²) in [6, 6.07) is 21.8. The number of anilines is 1. The molecule has 1 fully saturated rings. The van der Waals surface area contributed by atoms with Gasteiger partial charge in [0.05, 0.1) is 13.2 Å². The van der Waals surface area contributed by atoms with E-state index in [0.717, 1.165) is 49.0 Å². The van der Waals surface area contributed by atoms with E-state index in [2.05, 4.69) is 33.7 Å². The van der Waals surface area contributed by atoms with E-state index < -0.39 is 0 Å². The van der Waals surface area contributed by atoms with Crippen molar-refractivity contribution < 1.29 is 14.3 Å². The molecule has 6 nitrogen and oxygen atoms in total. The van der Waals surface area contributed by atoms with Gasteiger partial charge >= 0.3 is 0 Å². The van der Waals surface area contributed by atoms with Crippen molar-refractivity contribution >= 4 is 34.9 Å². The van der Waals surface area contributed by atoms with Crippen LogP contribution in [0.25, 0.3) is 16.5 Å². The molecular weight excluding hydrogens is 446 g/mol. The first kappa shape index (κ1) is 23.9. The van der Waals surface area contributed by atoms with Crippen molar-refractivity contribution in [1.82, 2.24) is 10.2 Å². The van der Waals surface area contributed by atoms with Crippen LogP contribution in [-0.4, -0.2) is 49.6 Å². The van der Waals surface area contributed by atoms with Crippen molar-refractivity contribution in [2.45, 2.75) is 13.0 Å². The van der Waals surface area contributed by atoms with Crippen molar-refractivity contribution in [3.63, 3.8) is 0 Å². The van der Waals surface area contributed by atoms with Crippen molar-refractivity contribution in [2.75, 3.05) is 38.2 Å². The van der Waals surface area contributed by atoms with Crippen molar-refractivity contribution in [1.29, 1.82) is 0 Å². The third-order valence-corrected chi connectivity index (χ3v) is 6.62. The van der Waals surface area contributed by atoms with Crippen LogP contribution in [-0.2, 0) is 20.9 Å². The Kier molecular flexibility index (Phi) is 8.62. The highest BCUT2D eigenvalue weighted by molar-refractivity contribution is 7.16. The number of carbonyl (C=O) groups excluding carboxylic acids is 2. The van der Waals surface area contributed by atoms with Gasteiger partial charge in [0, 0.05) is 54.1 Å². The molecule has 0 unspecified atom stereocenters. The van der Waals surface area contributed by atoms with Gasteiger partial charge in [-0.05, 0) is 41.5 Å². The van der Waals surface area contributed by atoms with Crippen LogP contribution < -0.4 is 10.6 Å². The van der Waals surface area contributed by atoms with Crippen LogP contribution in [0.1, 0.15) is 16.9 Å². The predicted molar refractivity (Wildman–Crippen MR) is 138 cm³/mol. The van der Waals surface area contributed by atoms with E-state index in [9.17, 15) is 9.59 Å². The molecule has 0 bridgehead atoms. The minimum absolute atomic E-state index is 0.0126. The molecule has 1 aliphatic rings. The summed E-state index contributed by atoms with van der Waals surface area (Å²) in [6.07, 6.45) is 3.83. The lowest BCUT2D eigenvalue weighted by molar-refractivity contribution is -0.117. The Hall–Kier alpha value is -3.26. The molecule has 0 radical (unpaired) electrons. The van der Waals surface area contributed by atoms with Gasteiger partial charge in [0.25, 0.3) is 0 Å². The Morgan fingerprint density at radius 3 is 2.65 bits per heavy atom. The molecule has 2 amide bonds. The molecule has 1 aliphatic heterocycles. The fraction of sp³-hybridized carbons (Fsp3) is 0.259. The standard InChI is InChI=1S/C27H29N3O3S/c31-26(12-10-24-9-11-25(34-24)22-6-2-1-3-7-22)28-20-21-5-4-8-23(19-21)29-27(32)13-14-30-15-17-33-18-16-30/h1-12,19H,13-18,20H2,(H,28,31)(H,29,32)/b12-10+. The number of hydrogen-bond donors (Lipinski definition) is 2. The maximum Gasteiger partial charge on any atom is 0.244 e. The smallest absolute Gasteiger partial charge is 0.244 e. The normalized spacial score (nSPS) is 14.2. The summed E-state index contributed by atoms with van der Waals surface area (Å²) in [5, 5.41) is 5.85. The minimum atomic E-state index is -0.158. The molecule has 0 aliphatic carbocycles. The van der Waals surface area contributed by atoms with E-state index in [1.165, 1.54) is 10.4 Å². The quantitative estimate of drug-likeness (QED) is 0.450. The van der Waals surface area contributed by atoms with E-state index in [-0.39, 0.29) is 11.8 Å². The number of nitrogens with one attached hydrogen (secondary N) is 2. The Morgan fingerprint density at radius 2 is 1.82 bits per heavy atom. The molecule has 1 aromatic heterocycles. The molecule has 7 heteroatoms. The second-order valence-corrected chi connectivity index (χ2v) is 9.19. The van der Waals surface area contributed by atoms with Gasteiger partial charge in [0.1, 0.15) is 0 Å². The highest BCUT2D eigenvalue weighted by Crippen LogP contribution is 2.28. The number of ether oxygens (including phenoxy) is 1. The molecule has 0 saturated carbocycles. The molecule has 0 spiro atoms. The summed E-state index contributed by atoms with van der Waals surface area (Å²) in [4.78, 5) is 29.0. The number of morpholine rings is 1. The molecule has 34 heavy (non-hydrogen) atoms. The van der Waals surface area contributed by atoms with E-state index >= 15 is 0 Å². The average molecular weight is 476 g/mol. The number of nitrogens with zero attached hydrogens (tertiary/aromatic N) is 1. The van der Waals surface area contributed by atoms with E-state index in [4.69, 9.17) is 4.74 Å². The van der Waals surface area contributed by atoms with Gasteiger partial charge in [-0.2, -0.15) is 0 Å². The third kappa shape index (κ3) is 7.38. The van der Waals surface area contributed by atoms with Crippen LogP contribution in [0.2, 0.25) is 0 Å². The van der Waals surface area contributed by atoms with E-state index in [1.807, 2.05) is 54.6 Å². The highest BCUT2D eigenvalue weighted by Gasteiger charge is 2.12. The summed E-state index contributed by atoms with van der Waals surface area (Å²) < 4.78 is 5.33. The third-order valence-electron chi connectivity index (χ3n) is 5.52. The monoisotopic (exact) mass is 475 g/mol. The summed E-state index contributed by atoms with van der Waals surface area (Å²) in [7, 11) is 0. The maximum absolute atomic E-state index is 12.3. The van der Waals surface area contributed by atoms with E-state index in [0.29, 0.717) is 13.0 Å². The second kappa shape index (κ2) is 12.3. The Labute approximate surface area is 204 Å². The van der Waals surface area contributed by atoms with Gasteiger partial charge < -0.3 is 15.4 Å². The zero-order chi connectivity index (χ0) is 23.6. The van der Waals surface area contributed by atoms with Gasteiger partial charge in [-0.1, -0.05) is 42.5 Å². The topological polar surface area (TPSA) is 70.7 Å². The zero-order valence-corrected chi connectivity index (χ0v) is 19.9. The lowest BCUT2D eigenvalue weighted by atomic mass is 10.2. The van der Waals surface area contributed by atoms with Gasteiger partial charge in [0.2, 0.25) is 11.8 Å². The van der Waals surface area contributed by atoms with Crippen LogP contribution in [0.3, 0.4) is 0 Å². The van der Waals surface area contributed by atoms with Gasteiger partial charge in [-0.3, -0.25) is 14.5 Å². The first-order valence-electron chi connectivity index (χ1n) is 11.5. The fourth-order valence-corrected chi connectivity index (χ4v) is 4.59. The van der Waals surface area contributed by atoms with Crippen molar-refractivity contribution in [2.24, 2.45) is 0 Å². The molecule has 2 heterocycles. The van der Waals surface area contributed by atoms with Crippen molar-refractivity contribution in [3.8, 4) is 10.4 Å². The zero-order valence-electron chi connectivity index (χ0n) is 19.0.